The van der Waals surface area contributed by atoms with Crippen molar-refractivity contribution in [3.8, 4) is 0 Å². The molecule has 0 fully saturated rings. The van der Waals surface area contributed by atoms with Crippen molar-refractivity contribution < 1.29 is 4.79 Å². The van der Waals surface area contributed by atoms with E-state index in [-0.39, 0.29) is 29.6 Å². The maximum absolute atomic E-state index is 9.71. The fraction of sp³-hybridized carbons (Fsp3) is 0. The maximum Gasteiger partial charge on any atom is 0.343 e. The Morgan fingerprint density at radius 3 is 1.57 bits per heavy atom. The second kappa shape index (κ2) is 6.19. The van der Waals surface area contributed by atoms with Gasteiger partial charge in [-0.05, 0) is 0 Å². The molecular formula is CH6N4NaO. The van der Waals surface area contributed by atoms with Crippen molar-refractivity contribution in [1.29, 1.82) is 0 Å². The summed E-state index contributed by atoms with van der Waals surface area (Å²) in [5.41, 5.74) is 3.48. The van der Waals surface area contributed by atoms with Gasteiger partial charge in [0.1, 0.15) is 0 Å². The third-order valence-electron chi connectivity index (χ3n) is 0.262. The van der Waals surface area contributed by atoms with Gasteiger partial charge in [-0.3, -0.25) is 10.9 Å². The smallest absolute Gasteiger partial charge is 0.275 e. The van der Waals surface area contributed by atoms with E-state index < -0.39 is 6.03 Å². The van der Waals surface area contributed by atoms with Gasteiger partial charge in [0.15, 0.2) is 0 Å². The summed E-state index contributed by atoms with van der Waals surface area (Å²) in [4.78, 5) is 9.71. The zero-order valence-corrected chi connectivity index (χ0v) is 6.06. The van der Waals surface area contributed by atoms with Crippen LogP contribution in [0.15, 0.2) is 0 Å². The monoisotopic (exact) mass is 113 g/mol. The number of amides is 2. The van der Waals surface area contributed by atoms with Crippen LogP contribution in [0.25, 0.3) is 0 Å². The Labute approximate surface area is 63.0 Å². The van der Waals surface area contributed by atoms with Crippen LogP contribution in [0.4, 0.5) is 4.79 Å². The van der Waals surface area contributed by atoms with E-state index in [2.05, 4.69) is 11.7 Å². The minimum atomic E-state index is -0.602. The molecule has 0 aliphatic heterocycles. The molecule has 0 rings (SSSR count). The van der Waals surface area contributed by atoms with E-state index in [1.165, 1.54) is 0 Å². The van der Waals surface area contributed by atoms with Gasteiger partial charge >= 0.3 is 6.03 Å². The van der Waals surface area contributed by atoms with Gasteiger partial charge in [0.2, 0.25) is 0 Å². The first kappa shape index (κ1) is 10.2. The molecule has 7 heavy (non-hydrogen) atoms. The first-order chi connectivity index (χ1) is 2.81. The predicted octanol–water partition coefficient (Wildman–Crippen LogP) is -2.35. The van der Waals surface area contributed by atoms with Crippen LogP contribution in [0.5, 0.6) is 0 Å². The molecule has 1 radical (unpaired) electrons. The topological polar surface area (TPSA) is 93.2 Å². The first-order valence-corrected chi connectivity index (χ1v) is 1.28. The number of nitrogens with one attached hydrogen (secondary N) is 2. The molecule has 0 aliphatic rings. The minimum absolute atomic E-state index is 0. The van der Waals surface area contributed by atoms with Gasteiger partial charge in [-0.15, -0.1) is 0 Å². The Balaban J connectivity index is 0. The number of hydrogen-bond donors (Lipinski definition) is 4. The standard InChI is InChI=1S/CH6N4O.Na/c2-4-1(6)5-3;/h2-3H2,(H2,4,5,6);. The van der Waals surface area contributed by atoms with E-state index in [4.69, 9.17) is 0 Å². The van der Waals surface area contributed by atoms with Gasteiger partial charge in [-0.1, -0.05) is 0 Å². The number of carbonyl (C=O) groups excluding carboxylic acids is 1. The van der Waals surface area contributed by atoms with Crippen LogP contribution in [0.2, 0.25) is 0 Å². The summed E-state index contributed by atoms with van der Waals surface area (Å²) in [6.07, 6.45) is 0. The molecule has 0 heterocycles. The molecular weight excluding hydrogens is 107 g/mol. The van der Waals surface area contributed by atoms with Crippen LogP contribution in [0.3, 0.4) is 0 Å². The Morgan fingerprint density at radius 1 is 1.29 bits per heavy atom. The van der Waals surface area contributed by atoms with Crippen molar-refractivity contribution in [2.75, 3.05) is 0 Å². The van der Waals surface area contributed by atoms with Crippen LogP contribution in [-0.2, 0) is 0 Å². The molecule has 0 saturated carbocycles. The molecule has 0 spiro atoms. The molecule has 0 aromatic rings. The van der Waals surface area contributed by atoms with Crippen LogP contribution in [-0.4, -0.2) is 35.6 Å². The molecule has 5 nitrogen and oxygen atoms in total. The molecule has 0 aromatic carbocycles. The van der Waals surface area contributed by atoms with Crippen molar-refractivity contribution in [3.63, 3.8) is 0 Å². The molecule has 0 bridgehead atoms. The van der Waals surface area contributed by atoms with Crippen molar-refractivity contribution in [3.05, 3.63) is 0 Å². The molecule has 6 N–H and O–H groups in total. The van der Waals surface area contributed by atoms with E-state index in [1.807, 2.05) is 0 Å². The molecule has 0 unspecified atom stereocenters. The summed E-state index contributed by atoms with van der Waals surface area (Å²) < 4.78 is 0. The molecule has 0 atom stereocenters. The SMILES string of the molecule is NNC(=O)NN.[Na]. The van der Waals surface area contributed by atoms with E-state index in [0.29, 0.717) is 0 Å². The fourth-order valence-corrected chi connectivity index (χ4v) is 0.0417. The first-order valence-electron chi connectivity index (χ1n) is 1.28. The van der Waals surface area contributed by atoms with E-state index in [0.717, 1.165) is 0 Å². The summed E-state index contributed by atoms with van der Waals surface area (Å²) in [5.74, 6) is 9.08. The Morgan fingerprint density at radius 2 is 1.57 bits per heavy atom. The normalized spacial score (nSPS) is 6.00. The maximum atomic E-state index is 9.71. The summed E-state index contributed by atoms with van der Waals surface area (Å²) in [6.45, 7) is 0. The van der Waals surface area contributed by atoms with Crippen LogP contribution in [0, 0.1) is 0 Å². The number of hydrazine groups is 2. The average Bonchev–Trinajstić information content (AvgIpc) is 1.65. The molecule has 0 aliphatic carbocycles. The molecule has 0 aromatic heterocycles. The number of urea groups is 1. The van der Waals surface area contributed by atoms with Gasteiger partial charge in [-0.25, -0.2) is 16.5 Å². The summed E-state index contributed by atoms with van der Waals surface area (Å²) in [5, 5.41) is 0. The zero-order valence-electron chi connectivity index (χ0n) is 4.06. The van der Waals surface area contributed by atoms with Crippen LogP contribution in [0.1, 0.15) is 0 Å². The van der Waals surface area contributed by atoms with Crippen molar-refractivity contribution in [2.24, 2.45) is 11.7 Å². The van der Waals surface area contributed by atoms with Crippen molar-refractivity contribution in [2.45, 2.75) is 0 Å². The Bertz CT molecular complexity index is 49.7. The van der Waals surface area contributed by atoms with Crippen LogP contribution >= 0.6 is 0 Å². The molecule has 2 amide bonds. The van der Waals surface area contributed by atoms with Gasteiger partial charge in [0.25, 0.3) is 0 Å². The summed E-state index contributed by atoms with van der Waals surface area (Å²) in [6, 6.07) is -0.602. The molecule has 6 heteroatoms. The second-order valence-electron chi connectivity index (χ2n) is 0.618. The number of hydrogen-bond acceptors (Lipinski definition) is 3. The van der Waals surface area contributed by atoms with Gasteiger partial charge in [0, 0.05) is 29.6 Å². The average molecular weight is 113 g/mol. The summed E-state index contributed by atoms with van der Waals surface area (Å²) >= 11 is 0. The van der Waals surface area contributed by atoms with E-state index >= 15 is 0 Å². The Hall–Kier alpha value is 0.190. The second-order valence-corrected chi connectivity index (χ2v) is 0.618. The van der Waals surface area contributed by atoms with Gasteiger partial charge in [-0.2, -0.15) is 0 Å². The quantitative estimate of drug-likeness (QED) is 0.123. The Kier molecular flexibility index (Phi) is 9.04. The molecule has 0 saturated heterocycles. The third kappa shape index (κ3) is 6.19. The third-order valence-corrected chi connectivity index (χ3v) is 0.262. The zero-order chi connectivity index (χ0) is 4.99. The minimum Gasteiger partial charge on any atom is -0.275 e. The molecule has 37 valence electrons. The largest absolute Gasteiger partial charge is 0.343 e. The number of nitrogens with two attached hydrogens (primary N) is 2. The van der Waals surface area contributed by atoms with Crippen molar-refractivity contribution in [1.82, 2.24) is 10.9 Å². The number of carbonyl (C=O) groups is 1. The van der Waals surface area contributed by atoms with Crippen molar-refractivity contribution >= 4 is 35.6 Å². The number of rotatable bonds is 0. The summed E-state index contributed by atoms with van der Waals surface area (Å²) in [7, 11) is 0. The fourth-order valence-electron chi connectivity index (χ4n) is 0.0417. The predicted molar refractivity (Wildman–Crippen MR) is 25.8 cm³/mol. The van der Waals surface area contributed by atoms with Gasteiger partial charge < -0.3 is 0 Å². The van der Waals surface area contributed by atoms with E-state index in [9.17, 15) is 4.79 Å². The van der Waals surface area contributed by atoms with Crippen LogP contribution < -0.4 is 22.5 Å². The van der Waals surface area contributed by atoms with E-state index in [1.54, 1.807) is 10.9 Å². The van der Waals surface area contributed by atoms with Gasteiger partial charge in [0.05, 0.1) is 0 Å².